The fourth-order valence-electron chi connectivity index (χ4n) is 3.38. The second kappa shape index (κ2) is 7.99. The molecule has 4 nitrogen and oxygen atoms in total. The molecule has 2 aromatic carbocycles. The van der Waals surface area contributed by atoms with Crippen LogP contribution >= 0.6 is 34.5 Å². The number of anilines is 1. The number of aromatic nitrogens is 1. The van der Waals surface area contributed by atoms with Crippen LogP contribution in [0, 0.1) is 13.8 Å². The van der Waals surface area contributed by atoms with Gasteiger partial charge in [0.15, 0.2) is 5.13 Å². The molecule has 4 rings (SSSR count). The fourth-order valence-corrected chi connectivity index (χ4v) is 4.90. The van der Waals surface area contributed by atoms with Gasteiger partial charge < -0.3 is 4.74 Å². The zero-order valence-corrected chi connectivity index (χ0v) is 18.0. The number of ether oxygens (including phenoxy) is 1. The van der Waals surface area contributed by atoms with Crippen molar-refractivity contribution in [3.63, 3.8) is 0 Å². The van der Waals surface area contributed by atoms with Gasteiger partial charge >= 0.3 is 0 Å². The minimum atomic E-state index is -0.189. The van der Waals surface area contributed by atoms with Gasteiger partial charge in [-0.15, -0.1) is 0 Å². The lowest BCUT2D eigenvalue weighted by molar-refractivity contribution is 0.0917. The molecule has 0 aliphatic carbocycles. The number of benzene rings is 2. The van der Waals surface area contributed by atoms with Gasteiger partial charge in [-0.25, -0.2) is 4.98 Å². The van der Waals surface area contributed by atoms with E-state index in [0.717, 1.165) is 35.2 Å². The van der Waals surface area contributed by atoms with E-state index in [1.165, 1.54) is 16.9 Å². The first kappa shape index (κ1) is 19.6. The maximum absolute atomic E-state index is 13.4. The highest BCUT2D eigenvalue weighted by atomic mass is 35.5. The molecule has 0 saturated carbocycles. The van der Waals surface area contributed by atoms with Crippen LogP contribution in [0.1, 0.15) is 34.3 Å². The first-order valence-electron chi connectivity index (χ1n) is 9.19. The number of rotatable bonds is 4. The second-order valence-corrected chi connectivity index (χ2v) is 8.88. The van der Waals surface area contributed by atoms with E-state index >= 15 is 0 Å². The first-order valence-corrected chi connectivity index (χ1v) is 10.8. The number of thiazole rings is 1. The van der Waals surface area contributed by atoms with Crippen LogP contribution < -0.4 is 4.90 Å². The predicted octanol–water partition coefficient (Wildman–Crippen LogP) is 6.05. The van der Waals surface area contributed by atoms with Gasteiger partial charge in [-0.3, -0.25) is 9.69 Å². The Bertz CT molecular complexity index is 1040. The minimum Gasteiger partial charge on any atom is -0.376 e. The molecule has 1 aliphatic rings. The van der Waals surface area contributed by atoms with Crippen LogP contribution in [0.15, 0.2) is 30.3 Å². The van der Waals surface area contributed by atoms with Crippen LogP contribution in [-0.4, -0.2) is 30.1 Å². The van der Waals surface area contributed by atoms with Crippen LogP contribution in [0.3, 0.4) is 0 Å². The second-order valence-electron chi connectivity index (χ2n) is 7.03. The number of nitrogens with zero attached hydrogens (tertiary/aromatic N) is 2. The summed E-state index contributed by atoms with van der Waals surface area (Å²) in [6, 6.07) is 9.08. The summed E-state index contributed by atoms with van der Waals surface area (Å²) in [6.45, 7) is 5.31. The highest BCUT2D eigenvalue weighted by molar-refractivity contribution is 7.22. The van der Waals surface area contributed by atoms with Crippen molar-refractivity contribution in [3.05, 3.63) is 57.1 Å². The number of hydrogen-bond donors (Lipinski definition) is 0. The van der Waals surface area contributed by atoms with Gasteiger partial charge in [-0.2, -0.15) is 0 Å². The molecule has 1 amide bonds. The number of carbonyl (C=O) groups is 1. The van der Waals surface area contributed by atoms with Gasteiger partial charge in [0.05, 0.1) is 33.5 Å². The van der Waals surface area contributed by atoms with Gasteiger partial charge in [0.25, 0.3) is 5.91 Å². The molecule has 0 radical (unpaired) electrons. The number of carbonyl (C=O) groups excluding carboxylic acids is 1. The Kier molecular flexibility index (Phi) is 5.61. The summed E-state index contributed by atoms with van der Waals surface area (Å²) in [4.78, 5) is 19.9. The Morgan fingerprint density at radius 2 is 2.11 bits per heavy atom. The molecule has 28 heavy (non-hydrogen) atoms. The van der Waals surface area contributed by atoms with E-state index in [4.69, 9.17) is 32.9 Å². The van der Waals surface area contributed by atoms with Crippen LogP contribution in [0.2, 0.25) is 10.0 Å². The van der Waals surface area contributed by atoms with E-state index in [-0.39, 0.29) is 12.0 Å². The SMILES string of the molecule is Cc1ccc2sc(N(CC3CCCO3)C(=O)c3ccc(Cl)cc3Cl)nc2c1C. The Morgan fingerprint density at radius 1 is 1.29 bits per heavy atom. The normalized spacial score (nSPS) is 16.6. The zero-order valence-electron chi connectivity index (χ0n) is 15.7. The predicted molar refractivity (Wildman–Crippen MR) is 116 cm³/mol. The Hall–Kier alpha value is -1.66. The molecule has 3 aromatic rings. The molecule has 1 saturated heterocycles. The summed E-state index contributed by atoms with van der Waals surface area (Å²) in [5, 5.41) is 1.50. The minimum absolute atomic E-state index is 0.00451. The highest BCUT2D eigenvalue weighted by Crippen LogP contribution is 2.34. The van der Waals surface area contributed by atoms with Crippen LogP contribution in [0.25, 0.3) is 10.2 Å². The van der Waals surface area contributed by atoms with Gasteiger partial charge in [-0.05, 0) is 62.1 Å². The molecule has 1 aliphatic heterocycles. The lowest BCUT2D eigenvalue weighted by atomic mass is 10.1. The van der Waals surface area contributed by atoms with E-state index < -0.39 is 0 Å². The molecular formula is C21H20Cl2N2O2S. The van der Waals surface area contributed by atoms with Gasteiger partial charge in [-0.1, -0.05) is 40.6 Å². The Balaban J connectivity index is 1.76. The van der Waals surface area contributed by atoms with E-state index in [0.29, 0.717) is 27.3 Å². The Morgan fingerprint density at radius 3 is 2.82 bits per heavy atom. The molecule has 2 heterocycles. The smallest absolute Gasteiger partial charge is 0.261 e. The van der Waals surface area contributed by atoms with Crippen molar-refractivity contribution in [2.45, 2.75) is 32.8 Å². The average Bonchev–Trinajstić information content (AvgIpc) is 3.32. The molecule has 1 fully saturated rings. The molecule has 146 valence electrons. The molecule has 0 N–H and O–H groups in total. The summed E-state index contributed by atoms with van der Waals surface area (Å²) in [6.07, 6.45) is 1.94. The largest absolute Gasteiger partial charge is 0.376 e. The zero-order chi connectivity index (χ0) is 19.8. The molecular weight excluding hydrogens is 415 g/mol. The fraction of sp³-hybridized carbons (Fsp3) is 0.333. The van der Waals surface area contributed by atoms with E-state index in [2.05, 4.69) is 26.0 Å². The number of amides is 1. The van der Waals surface area contributed by atoms with Crippen LogP contribution in [-0.2, 0) is 4.74 Å². The summed E-state index contributed by atoms with van der Waals surface area (Å²) in [7, 11) is 0. The van der Waals surface area contributed by atoms with Crippen molar-refractivity contribution >= 4 is 55.8 Å². The van der Waals surface area contributed by atoms with E-state index in [1.807, 2.05) is 0 Å². The number of aryl methyl sites for hydroxylation is 2. The maximum atomic E-state index is 13.4. The molecule has 1 atom stereocenters. The van der Waals surface area contributed by atoms with Crippen molar-refractivity contribution < 1.29 is 9.53 Å². The third kappa shape index (κ3) is 3.77. The van der Waals surface area contributed by atoms with Crippen LogP contribution in [0.4, 0.5) is 5.13 Å². The lowest BCUT2D eigenvalue weighted by Gasteiger charge is -2.23. The van der Waals surface area contributed by atoms with Crippen molar-refractivity contribution in [1.29, 1.82) is 0 Å². The number of hydrogen-bond acceptors (Lipinski definition) is 4. The van der Waals surface area contributed by atoms with Crippen molar-refractivity contribution in [2.75, 3.05) is 18.1 Å². The standard InChI is InChI=1S/C21H20Cl2N2O2S/c1-12-5-8-18-19(13(12)2)24-21(28-18)25(11-15-4-3-9-27-15)20(26)16-7-6-14(22)10-17(16)23/h5-8,10,15H,3-4,9,11H2,1-2H3. The monoisotopic (exact) mass is 434 g/mol. The van der Waals surface area contributed by atoms with Crippen molar-refractivity contribution in [3.8, 4) is 0 Å². The highest BCUT2D eigenvalue weighted by Gasteiger charge is 2.28. The van der Waals surface area contributed by atoms with E-state index in [9.17, 15) is 4.79 Å². The summed E-state index contributed by atoms with van der Waals surface area (Å²) in [5.41, 5.74) is 3.67. The number of fused-ring (bicyclic) bond motifs is 1. The van der Waals surface area contributed by atoms with Gasteiger partial charge in [0.1, 0.15) is 0 Å². The molecule has 1 aromatic heterocycles. The molecule has 0 bridgehead atoms. The van der Waals surface area contributed by atoms with Crippen molar-refractivity contribution in [1.82, 2.24) is 4.98 Å². The third-order valence-corrected chi connectivity index (χ3v) is 6.71. The maximum Gasteiger partial charge on any atom is 0.261 e. The topological polar surface area (TPSA) is 42.4 Å². The summed E-state index contributed by atoms with van der Waals surface area (Å²) < 4.78 is 6.85. The van der Waals surface area contributed by atoms with Gasteiger partial charge in [0.2, 0.25) is 0 Å². The Labute approximate surface area is 178 Å². The van der Waals surface area contributed by atoms with Crippen LogP contribution in [0.5, 0.6) is 0 Å². The number of halogens is 2. The quantitative estimate of drug-likeness (QED) is 0.501. The van der Waals surface area contributed by atoms with E-state index in [1.54, 1.807) is 23.1 Å². The summed E-state index contributed by atoms with van der Waals surface area (Å²) >= 11 is 13.8. The van der Waals surface area contributed by atoms with Gasteiger partial charge in [0, 0.05) is 11.6 Å². The summed E-state index contributed by atoms with van der Waals surface area (Å²) in [5.74, 6) is -0.189. The molecule has 0 spiro atoms. The lowest BCUT2D eigenvalue weighted by Crippen LogP contribution is -2.37. The van der Waals surface area contributed by atoms with Crippen molar-refractivity contribution in [2.24, 2.45) is 0 Å². The molecule has 7 heteroatoms. The average molecular weight is 435 g/mol. The molecule has 1 unspecified atom stereocenters. The third-order valence-electron chi connectivity index (χ3n) is 5.12. The first-order chi connectivity index (χ1) is 13.4.